The summed E-state index contributed by atoms with van der Waals surface area (Å²) in [4.78, 5) is 52.1. The number of hydrogen-bond donors (Lipinski definition) is 1. The lowest BCUT2D eigenvalue weighted by molar-refractivity contribution is -0.145. The first-order chi connectivity index (χ1) is 18.5. The minimum absolute atomic E-state index is 0.0684. The number of alkyl halides is 3. The van der Waals surface area contributed by atoms with Crippen LogP contribution in [0.5, 0.6) is 0 Å². The summed E-state index contributed by atoms with van der Waals surface area (Å²) in [5.41, 5.74) is 0.964. The molecule has 5 rings (SSSR count). The van der Waals surface area contributed by atoms with E-state index in [1.165, 1.54) is 28.5 Å². The third kappa shape index (κ3) is 5.10. The van der Waals surface area contributed by atoms with Gasteiger partial charge in [0.05, 0.1) is 36.7 Å². The lowest BCUT2D eigenvalue weighted by Gasteiger charge is -2.32. The highest BCUT2D eigenvalue weighted by Crippen LogP contribution is 2.30. The molecule has 4 aromatic rings. The van der Waals surface area contributed by atoms with Crippen molar-refractivity contribution >= 4 is 23.6 Å². The van der Waals surface area contributed by atoms with Gasteiger partial charge in [-0.2, -0.15) is 18.2 Å². The molecule has 3 amide bonds. The second kappa shape index (κ2) is 9.73. The molecule has 1 atom stereocenters. The highest BCUT2D eigenvalue weighted by atomic mass is 19.4. The van der Waals surface area contributed by atoms with Crippen molar-refractivity contribution in [3.8, 4) is 11.3 Å². The Morgan fingerprint density at radius 1 is 1.15 bits per heavy atom. The van der Waals surface area contributed by atoms with E-state index >= 15 is 0 Å². The van der Waals surface area contributed by atoms with Gasteiger partial charge in [-0.15, -0.1) is 0 Å². The first-order valence-electron chi connectivity index (χ1n) is 11.4. The fourth-order valence-electron chi connectivity index (χ4n) is 3.91. The van der Waals surface area contributed by atoms with Crippen molar-refractivity contribution < 1.29 is 27.3 Å². The molecule has 39 heavy (non-hydrogen) atoms. The lowest BCUT2D eigenvalue weighted by Crippen LogP contribution is -2.45. The lowest BCUT2D eigenvalue weighted by atomic mass is 10.2. The van der Waals surface area contributed by atoms with Gasteiger partial charge in [-0.05, 0) is 13.8 Å². The maximum absolute atomic E-state index is 13.1. The minimum atomic E-state index is -4.67. The van der Waals surface area contributed by atoms with Gasteiger partial charge in [0.2, 0.25) is 17.6 Å². The maximum atomic E-state index is 13.1. The van der Waals surface area contributed by atoms with E-state index < -0.39 is 23.9 Å². The number of nitrogens with one attached hydrogen (secondary N) is 1. The van der Waals surface area contributed by atoms with Gasteiger partial charge in [0, 0.05) is 25.0 Å². The van der Waals surface area contributed by atoms with Crippen LogP contribution >= 0.6 is 0 Å². The average Bonchev–Trinajstić information content (AvgIpc) is 3.52. The monoisotopic (exact) mass is 543 g/mol. The summed E-state index contributed by atoms with van der Waals surface area (Å²) in [5, 5.41) is 6.38. The van der Waals surface area contributed by atoms with Crippen LogP contribution in [0.1, 0.15) is 36.2 Å². The van der Waals surface area contributed by atoms with Crippen molar-refractivity contribution in [2.24, 2.45) is 0 Å². The number of imidazole rings is 1. The molecule has 17 heteroatoms. The van der Waals surface area contributed by atoms with E-state index in [2.05, 4.69) is 40.4 Å². The highest BCUT2D eigenvalue weighted by Gasteiger charge is 2.35. The topological polar surface area (TPSA) is 161 Å². The quantitative estimate of drug-likeness (QED) is 0.383. The molecule has 4 aromatic heterocycles. The third-order valence-corrected chi connectivity index (χ3v) is 5.87. The van der Waals surface area contributed by atoms with Crippen LogP contribution in [0.3, 0.4) is 0 Å². The van der Waals surface area contributed by atoms with Crippen LogP contribution in [0, 0.1) is 6.92 Å². The number of halogens is 3. The number of carbonyl (C=O) groups is 2. The van der Waals surface area contributed by atoms with Crippen molar-refractivity contribution in [2.75, 3.05) is 17.3 Å². The second-order valence-electron chi connectivity index (χ2n) is 8.60. The zero-order valence-electron chi connectivity index (χ0n) is 20.7. The second-order valence-corrected chi connectivity index (χ2v) is 8.60. The zero-order chi connectivity index (χ0) is 27.9. The molecular formula is C22H20F3N11O3. The summed E-state index contributed by atoms with van der Waals surface area (Å²) in [6, 6.07) is -1.10. The van der Waals surface area contributed by atoms with Gasteiger partial charge in [-0.25, -0.2) is 24.7 Å². The SMILES string of the molecule is Cc1noc(CN2Cc3c(ncn3[C@@H](C)C(=O)Nc3cncc(-c4cnc(C(F)(F)F)nc4)n3)N(C)C2=O)n1. The molecule has 5 heterocycles. The summed E-state index contributed by atoms with van der Waals surface area (Å²) in [6.07, 6.45) is 1.34. The number of fused-ring (bicyclic) bond motifs is 1. The van der Waals surface area contributed by atoms with Crippen LogP contribution < -0.4 is 10.2 Å². The maximum Gasteiger partial charge on any atom is 0.451 e. The number of amides is 3. The molecule has 1 aliphatic heterocycles. The molecule has 0 radical (unpaired) electrons. The number of hydrogen-bond acceptors (Lipinski definition) is 10. The van der Waals surface area contributed by atoms with E-state index in [0.717, 1.165) is 12.4 Å². The van der Waals surface area contributed by atoms with E-state index in [-0.39, 0.29) is 42.1 Å². The van der Waals surface area contributed by atoms with Gasteiger partial charge in [0.1, 0.15) is 12.6 Å². The Morgan fingerprint density at radius 3 is 2.56 bits per heavy atom. The van der Waals surface area contributed by atoms with Gasteiger partial charge in [0.25, 0.3) is 0 Å². The predicted octanol–water partition coefficient (Wildman–Crippen LogP) is 2.61. The van der Waals surface area contributed by atoms with Crippen molar-refractivity contribution in [3.05, 3.63) is 54.3 Å². The van der Waals surface area contributed by atoms with Crippen LogP contribution in [0.2, 0.25) is 0 Å². The standard InChI is InChI=1S/C22H20F3N11O3/c1-11(19(37)32-16-7-26-6-14(31-16)13-4-27-20(28-5-13)22(23,24)25)36-10-29-18-15(36)8-35(21(38)34(18)3)9-17-30-12(2)33-39-17/h4-7,10-11H,8-9H2,1-3H3,(H,31,32,37)/t11-/m0/s1. The molecule has 14 nitrogen and oxygen atoms in total. The Kier molecular flexibility index (Phi) is 6.41. The Bertz CT molecular complexity index is 1530. The zero-order valence-corrected chi connectivity index (χ0v) is 20.7. The normalized spacial score (nSPS) is 14.4. The molecule has 1 N–H and O–H groups in total. The van der Waals surface area contributed by atoms with E-state index in [0.29, 0.717) is 17.3 Å². The van der Waals surface area contributed by atoms with E-state index in [1.807, 2.05) is 0 Å². The molecule has 202 valence electrons. The molecule has 0 unspecified atom stereocenters. The molecular weight excluding hydrogens is 523 g/mol. The molecule has 0 aliphatic carbocycles. The first kappa shape index (κ1) is 25.7. The van der Waals surface area contributed by atoms with Crippen LogP contribution in [-0.4, -0.2) is 63.5 Å². The fraction of sp³-hybridized carbons (Fsp3) is 0.318. The van der Waals surface area contributed by atoms with Crippen molar-refractivity contribution in [1.82, 2.24) is 44.5 Å². The number of aromatic nitrogens is 8. The first-order valence-corrected chi connectivity index (χ1v) is 11.4. The molecule has 0 bridgehead atoms. The number of carbonyl (C=O) groups excluding carboxylic acids is 2. The van der Waals surface area contributed by atoms with E-state index in [1.54, 1.807) is 25.5 Å². The Morgan fingerprint density at radius 2 is 1.90 bits per heavy atom. The highest BCUT2D eigenvalue weighted by molar-refractivity contribution is 5.94. The van der Waals surface area contributed by atoms with Crippen LogP contribution in [0.25, 0.3) is 11.3 Å². The van der Waals surface area contributed by atoms with Crippen LogP contribution in [-0.2, 0) is 24.1 Å². The largest absolute Gasteiger partial charge is 0.451 e. The number of urea groups is 1. The molecule has 0 fully saturated rings. The summed E-state index contributed by atoms with van der Waals surface area (Å²) < 4.78 is 45.0. The average molecular weight is 543 g/mol. The van der Waals surface area contributed by atoms with Crippen molar-refractivity contribution in [2.45, 2.75) is 39.2 Å². The van der Waals surface area contributed by atoms with Crippen LogP contribution in [0.15, 0.2) is 35.6 Å². The summed E-state index contributed by atoms with van der Waals surface area (Å²) in [6.45, 7) is 3.52. The smallest absolute Gasteiger partial charge is 0.337 e. The number of rotatable bonds is 6. The summed E-state index contributed by atoms with van der Waals surface area (Å²) in [5.74, 6) is -0.563. The molecule has 0 aromatic carbocycles. The molecule has 0 saturated carbocycles. The predicted molar refractivity (Wildman–Crippen MR) is 126 cm³/mol. The number of aryl methyl sites for hydroxylation is 1. The fourth-order valence-corrected chi connectivity index (χ4v) is 3.91. The number of anilines is 2. The summed E-state index contributed by atoms with van der Waals surface area (Å²) >= 11 is 0. The Labute approximate surface area is 217 Å². The Balaban J connectivity index is 1.32. The number of nitrogens with zero attached hydrogens (tertiary/aromatic N) is 10. The van der Waals surface area contributed by atoms with Gasteiger partial charge >= 0.3 is 12.2 Å². The minimum Gasteiger partial charge on any atom is -0.337 e. The van der Waals surface area contributed by atoms with Gasteiger partial charge < -0.3 is 19.3 Å². The van der Waals surface area contributed by atoms with Gasteiger partial charge in [-0.3, -0.25) is 14.7 Å². The Hall–Kier alpha value is -4.96. The van der Waals surface area contributed by atoms with Crippen molar-refractivity contribution in [3.63, 3.8) is 0 Å². The third-order valence-electron chi connectivity index (χ3n) is 5.87. The van der Waals surface area contributed by atoms with Gasteiger partial charge in [-0.1, -0.05) is 5.16 Å². The van der Waals surface area contributed by atoms with Crippen molar-refractivity contribution in [1.29, 1.82) is 0 Å². The molecule has 1 aliphatic rings. The summed E-state index contributed by atoms with van der Waals surface area (Å²) in [7, 11) is 1.57. The molecule has 0 spiro atoms. The van der Waals surface area contributed by atoms with E-state index in [9.17, 15) is 22.8 Å². The van der Waals surface area contributed by atoms with Gasteiger partial charge in [0.15, 0.2) is 17.5 Å². The van der Waals surface area contributed by atoms with Crippen LogP contribution in [0.4, 0.5) is 29.6 Å². The van der Waals surface area contributed by atoms with E-state index in [4.69, 9.17) is 4.52 Å². The molecule has 0 saturated heterocycles.